The molecule has 10 heteroatoms. The van der Waals surface area contributed by atoms with E-state index in [4.69, 9.17) is 11.6 Å². The van der Waals surface area contributed by atoms with Crippen molar-refractivity contribution in [2.45, 2.75) is 13.5 Å². The van der Waals surface area contributed by atoms with Crippen LogP contribution in [0.1, 0.15) is 5.69 Å². The van der Waals surface area contributed by atoms with Crippen LogP contribution < -0.4 is 16.1 Å². The molecular formula is C22H26ClN7O2. The molecule has 168 valence electrons. The summed E-state index contributed by atoms with van der Waals surface area (Å²) in [7, 11) is 3.14. The molecule has 0 aliphatic carbocycles. The van der Waals surface area contributed by atoms with Gasteiger partial charge in [-0.1, -0.05) is 17.7 Å². The molecule has 4 heterocycles. The van der Waals surface area contributed by atoms with Crippen LogP contribution in [-0.4, -0.2) is 60.7 Å². The molecule has 0 N–H and O–H groups in total. The first-order chi connectivity index (χ1) is 15.3. The topological polar surface area (TPSA) is 72.7 Å². The molecule has 3 aromatic heterocycles. The lowest BCUT2D eigenvalue weighted by molar-refractivity contribution is 0.248. The maximum atomic E-state index is 12.7. The van der Waals surface area contributed by atoms with E-state index in [2.05, 4.69) is 25.4 Å². The fourth-order valence-corrected chi connectivity index (χ4v) is 4.73. The van der Waals surface area contributed by atoms with Gasteiger partial charge >= 0.3 is 5.69 Å². The van der Waals surface area contributed by atoms with Crippen molar-refractivity contribution < 1.29 is 0 Å². The van der Waals surface area contributed by atoms with E-state index in [0.717, 1.165) is 60.2 Å². The van der Waals surface area contributed by atoms with Crippen LogP contribution in [0.4, 0.5) is 5.69 Å². The molecule has 0 saturated carbocycles. The Balaban J connectivity index is 1.36. The van der Waals surface area contributed by atoms with Crippen LogP contribution in [0.5, 0.6) is 0 Å². The molecule has 0 amide bonds. The molecule has 1 aliphatic rings. The van der Waals surface area contributed by atoms with Crippen LogP contribution in [0, 0.1) is 6.92 Å². The largest absolute Gasteiger partial charge is 0.369 e. The van der Waals surface area contributed by atoms with E-state index in [0.29, 0.717) is 16.9 Å². The first-order valence-electron chi connectivity index (χ1n) is 10.7. The number of imidazole rings is 2. The SMILES string of the molecule is Cc1cn2c3c(=O)n(C)c(=O)n(C)c3nc2n1CCN1CCN(c2cccc(Cl)c2)CC1. The van der Waals surface area contributed by atoms with E-state index < -0.39 is 0 Å². The minimum atomic E-state index is -0.371. The Morgan fingerprint density at radius 1 is 1.03 bits per heavy atom. The summed E-state index contributed by atoms with van der Waals surface area (Å²) in [6.45, 7) is 7.50. The number of piperazine rings is 1. The quantitative estimate of drug-likeness (QED) is 0.466. The molecule has 1 saturated heterocycles. The van der Waals surface area contributed by atoms with E-state index >= 15 is 0 Å². The monoisotopic (exact) mass is 455 g/mol. The fraction of sp³-hybridized carbons (Fsp3) is 0.409. The summed E-state index contributed by atoms with van der Waals surface area (Å²) in [5, 5.41) is 0.761. The molecule has 5 rings (SSSR count). The number of nitrogens with zero attached hydrogens (tertiary/aromatic N) is 7. The minimum absolute atomic E-state index is 0.329. The van der Waals surface area contributed by atoms with E-state index in [1.165, 1.54) is 11.6 Å². The third-order valence-corrected chi connectivity index (χ3v) is 6.68. The zero-order valence-corrected chi connectivity index (χ0v) is 19.2. The molecule has 9 nitrogen and oxygen atoms in total. The number of benzene rings is 1. The fourth-order valence-electron chi connectivity index (χ4n) is 4.55. The van der Waals surface area contributed by atoms with Crippen molar-refractivity contribution in [3.05, 3.63) is 62.0 Å². The second kappa shape index (κ2) is 7.83. The molecule has 1 aromatic carbocycles. The molecule has 0 atom stereocenters. The van der Waals surface area contributed by atoms with Gasteiger partial charge in [0.2, 0.25) is 5.78 Å². The summed E-state index contributed by atoms with van der Waals surface area (Å²) in [5.41, 5.74) is 2.34. The van der Waals surface area contributed by atoms with Crippen molar-refractivity contribution in [2.75, 3.05) is 37.6 Å². The van der Waals surface area contributed by atoms with Crippen LogP contribution in [0.3, 0.4) is 0 Å². The molecule has 0 bridgehead atoms. The van der Waals surface area contributed by atoms with Crippen LogP contribution in [0.25, 0.3) is 16.9 Å². The molecule has 0 unspecified atom stereocenters. The number of anilines is 1. The first-order valence-corrected chi connectivity index (χ1v) is 11.1. The van der Waals surface area contributed by atoms with Gasteiger partial charge in [0.25, 0.3) is 5.56 Å². The van der Waals surface area contributed by atoms with Crippen molar-refractivity contribution in [3.63, 3.8) is 0 Å². The Labute approximate surface area is 189 Å². The van der Waals surface area contributed by atoms with Gasteiger partial charge in [0, 0.05) is 76.0 Å². The lowest BCUT2D eigenvalue weighted by Gasteiger charge is -2.36. The van der Waals surface area contributed by atoms with Gasteiger partial charge in [0.1, 0.15) is 0 Å². The second-order valence-corrected chi connectivity index (χ2v) is 8.83. The van der Waals surface area contributed by atoms with Crippen LogP contribution in [0.15, 0.2) is 40.1 Å². The predicted octanol–water partition coefficient (Wildman–Crippen LogP) is 1.47. The van der Waals surface area contributed by atoms with Crippen molar-refractivity contribution in [2.24, 2.45) is 14.1 Å². The molecule has 0 radical (unpaired) electrons. The van der Waals surface area contributed by atoms with Crippen LogP contribution in [-0.2, 0) is 20.6 Å². The van der Waals surface area contributed by atoms with Gasteiger partial charge in [-0.3, -0.25) is 23.2 Å². The van der Waals surface area contributed by atoms with Gasteiger partial charge in [-0.15, -0.1) is 0 Å². The maximum absolute atomic E-state index is 12.7. The van der Waals surface area contributed by atoms with E-state index in [9.17, 15) is 9.59 Å². The molecule has 32 heavy (non-hydrogen) atoms. The van der Waals surface area contributed by atoms with Gasteiger partial charge in [0.15, 0.2) is 11.2 Å². The third-order valence-electron chi connectivity index (χ3n) is 6.44. The number of aryl methyl sites for hydroxylation is 2. The summed E-state index contributed by atoms with van der Waals surface area (Å²) in [5.74, 6) is 0.688. The average molecular weight is 456 g/mol. The summed E-state index contributed by atoms with van der Waals surface area (Å²) in [4.78, 5) is 34.5. The molecule has 1 fully saturated rings. The molecule has 0 spiro atoms. The minimum Gasteiger partial charge on any atom is -0.369 e. The predicted molar refractivity (Wildman–Crippen MR) is 126 cm³/mol. The van der Waals surface area contributed by atoms with Gasteiger partial charge in [0.05, 0.1) is 0 Å². The van der Waals surface area contributed by atoms with E-state index in [1.807, 2.05) is 35.7 Å². The molecular weight excluding hydrogens is 430 g/mol. The zero-order chi connectivity index (χ0) is 22.6. The number of hydrogen-bond acceptors (Lipinski definition) is 5. The number of rotatable bonds is 4. The lowest BCUT2D eigenvalue weighted by Crippen LogP contribution is -2.47. The summed E-state index contributed by atoms with van der Waals surface area (Å²) < 4.78 is 6.48. The molecule has 4 aromatic rings. The highest BCUT2D eigenvalue weighted by Crippen LogP contribution is 2.21. The van der Waals surface area contributed by atoms with Crippen molar-refractivity contribution in [1.29, 1.82) is 0 Å². The van der Waals surface area contributed by atoms with Gasteiger partial charge < -0.3 is 9.47 Å². The standard InChI is InChI=1S/C22H26ClN7O2/c1-15-14-30-18-19(25(2)22(32)26(3)20(18)31)24-21(30)29(15)12-9-27-7-10-28(11-8-27)17-6-4-5-16(23)13-17/h4-6,13-14H,7-12H2,1-3H3. The highest BCUT2D eigenvalue weighted by Gasteiger charge is 2.21. The smallest absolute Gasteiger partial charge is 0.332 e. The van der Waals surface area contributed by atoms with Gasteiger partial charge in [-0.2, -0.15) is 4.98 Å². The van der Waals surface area contributed by atoms with Crippen molar-refractivity contribution >= 4 is 34.2 Å². The number of fused-ring (bicyclic) bond motifs is 3. The summed E-state index contributed by atoms with van der Waals surface area (Å²) in [6, 6.07) is 8.00. The van der Waals surface area contributed by atoms with Crippen LogP contribution in [0.2, 0.25) is 5.02 Å². The second-order valence-electron chi connectivity index (χ2n) is 8.39. The average Bonchev–Trinajstić information content (AvgIpc) is 3.30. The van der Waals surface area contributed by atoms with Crippen molar-refractivity contribution in [1.82, 2.24) is 28.0 Å². The lowest BCUT2D eigenvalue weighted by atomic mass is 10.2. The van der Waals surface area contributed by atoms with Crippen molar-refractivity contribution in [3.8, 4) is 0 Å². The third kappa shape index (κ3) is 3.32. The molecule has 1 aliphatic heterocycles. The van der Waals surface area contributed by atoms with Gasteiger partial charge in [-0.25, -0.2) is 4.79 Å². The Hall–Kier alpha value is -3.04. The van der Waals surface area contributed by atoms with Gasteiger partial charge in [-0.05, 0) is 25.1 Å². The normalized spacial score (nSPS) is 15.3. The highest BCUT2D eigenvalue weighted by molar-refractivity contribution is 6.30. The van der Waals surface area contributed by atoms with E-state index in [1.54, 1.807) is 7.05 Å². The number of aromatic nitrogens is 5. The Morgan fingerprint density at radius 3 is 2.50 bits per heavy atom. The Morgan fingerprint density at radius 2 is 1.78 bits per heavy atom. The Bertz CT molecular complexity index is 1440. The zero-order valence-electron chi connectivity index (χ0n) is 18.5. The highest BCUT2D eigenvalue weighted by atomic mass is 35.5. The number of halogens is 1. The van der Waals surface area contributed by atoms with E-state index in [-0.39, 0.29) is 11.2 Å². The summed E-state index contributed by atoms with van der Waals surface area (Å²) in [6.07, 6.45) is 1.92. The maximum Gasteiger partial charge on any atom is 0.332 e. The van der Waals surface area contributed by atoms with Crippen LogP contribution >= 0.6 is 11.6 Å². The first kappa shape index (κ1) is 20.8. The Kier molecular flexibility index (Phi) is 5.10. The summed E-state index contributed by atoms with van der Waals surface area (Å²) >= 11 is 6.14. The number of hydrogen-bond donors (Lipinski definition) is 0.